The molecule has 3 fully saturated rings. The van der Waals surface area contributed by atoms with E-state index < -0.39 is 42.2 Å². The van der Waals surface area contributed by atoms with Gasteiger partial charge in [-0.05, 0) is 45.4 Å². The lowest BCUT2D eigenvalue weighted by Gasteiger charge is -2.32. The smallest absolute Gasteiger partial charge is 0.164 e. The standard InChI is InChI=1S/C27H31NO6/c1-26(2)30-17-21(32-26)22-23-24(34-27(3,4)33-23)25(31-22)28(29)20(19-13-9-6-10-14-19)16-15-18-11-7-5-8-12-18/h5-14,20-25,29H,17H2,1-4H3/t20?,21-,22-,23+,24+,25?/m1/s1. The van der Waals surface area contributed by atoms with Crippen LogP contribution in [0.25, 0.3) is 0 Å². The van der Waals surface area contributed by atoms with E-state index in [1.165, 1.54) is 0 Å². The van der Waals surface area contributed by atoms with Crippen molar-refractivity contribution in [1.29, 1.82) is 0 Å². The highest BCUT2D eigenvalue weighted by molar-refractivity contribution is 5.37. The molecule has 0 bridgehead atoms. The lowest BCUT2D eigenvalue weighted by atomic mass is 10.0. The lowest BCUT2D eigenvalue weighted by molar-refractivity contribution is -0.279. The summed E-state index contributed by atoms with van der Waals surface area (Å²) in [4.78, 5) is 0. The van der Waals surface area contributed by atoms with E-state index in [9.17, 15) is 5.21 Å². The molecular weight excluding hydrogens is 434 g/mol. The first-order chi connectivity index (χ1) is 16.2. The van der Waals surface area contributed by atoms with Gasteiger partial charge in [-0.25, -0.2) is 0 Å². The van der Waals surface area contributed by atoms with Gasteiger partial charge in [0.15, 0.2) is 17.8 Å². The van der Waals surface area contributed by atoms with Crippen LogP contribution in [0.5, 0.6) is 0 Å². The quantitative estimate of drug-likeness (QED) is 0.543. The van der Waals surface area contributed by atoms with Gasteiger partial charge < -0.3 is 28.9 Å². The highest BCUT2D eigenvalue weighted by Crippen LogP contribution is 2.44. The summed E-state index contributed by atoms with van der Waals surface area (Å²) in [6.45, 7) is 7.84. The molecule has 5 rings (SSSR count). The molecule has 7 heteroatoms. The molecule has 34 heavy (non-hydrogen) atoms. The number of hydrogen-bond donors (Lipinski definition) is 1. The SMILES string of the molecule is CC1(C)O[C@H]2[C@@H]([C@H]3COC(C)(C)O3)OC(N(O)C(C#Cc3ccccc3)c3ccccc3)[C@H]2O1. The van der Waals surface area contributed by atoms with Crippen LogP contribution in [0.3, 0.4) is 0 Å². The summed E-state index contributed by atoms with van der Waals surface area (Å²) in [6, 6.07) is 18.7. The third kappa shape index (κ3) is 4.77. The van der Waals surface area contributed by atoms with Gasteiger partial charge in [0, 0.05) is 5.56 Å². The van der Waals surface area contributed by atoms with Crippen molar-refractivity contribution < 1.29 is 28.9 Å². The normalized spacial score (nSPS) is 32.2. The van der Waals surface area contributed by atoms with Crippen LogP contribution in [0, 0.1) is 11.8 Å². The summed E-state index contributed by atoms with van der Waals surface area (Å²) in [7, 11) is 0. The average molecular weight is 466 g/mol. The molecule has 2 aromatic rings. The number of nitrogens with zero attached hydrogens (tertiary/aromatic N) is 1. The molecule has 0 aliphatic carbocycles. The first kappa shape index (κ1) is 23.5. The van der Waals surface area contributed by atoms with Gasteiger partial charge in [-0.3, -0.25) is 0 Å². The Bertz CT molecular complexity index is 1050. The monoisotopic (exact) mass is 465 g/mol. The number of rotatable bonds is 4. The lowest BCUT2D eigenvalue weighted by Crippen LogP contribution is -2.44. The molecule has 3 aliphatic heterocycles. The molecule has 3 heterocycles. The van der Waals surface area contributed by atoms with Crippen LogP contribution in [0.15, 0.2) is 60.7 Å². The van der Waals surface area contributed by atoms with E-state index in [4.69, 9.17) is 23.7 Å². The summed E-state index contributed by atoms with van der Waals surface area (Å²) in [5, 5.41) is 12.7. The molecule has 3 saturated heterocycles. The molecule has 0 amide bonds. The fourth-order valence-corrected chi connectivity index (χ4v) is 4.75. The molecule has 180 valence electrons. The van der Waals surface area contributed by atoms with Crippen LogP contribution in [-0.4, -0.2) is 59.1 Å². The van der Waals surface area contributed by atoms with Crippen LogP contribution < -0.4 is 0 Å². The minimum Gasteiger partial charge on any atom is -0.349 e. The predicted molar refractivity (Wildman–Crippen MR) is 124 cm³/mol. The Hall–Kier alpha value is -2.28. The summed E-state index contributed by atoms with van der Waals surface area (Å²) in [5.41, 5.74) is 1.71. The highest BCUT2D eigenvalue weighted by atomic mass is 16.8. The summed E-state index contributed by atoms with van der Waals surface area (Å²) >= 11 is 0. The van der Waals surface area contributed by atoms with E-state index in [2.05, 4.69) is 11.8 Å². The second-order valence-corrected chi connectivity index (χ2v) is 9.75. The van der Waals surface area contributed by atoms with Crippen molar-refractivity contribution in [3.8, 4) is 11.8 Å². The molecule has 0 saturated carbocycles. The minimum absolute atomic E-state index is 0.344. The number of hydroxylamine groups is 2. The Labute approximate surface area is 200 Å². The van der Waals surface area contributed by atoms with E-state index in [1.807, 2.05) is 88.4 Å². The van der Waals surface area contributed by atoms with Crippen molar-refractivity contribution in [1.82, 2.24) is 5.06 Å². The maximum absolute atomic E-state index is 11.5. The van der Waals surface area contributed by atoms with Crippen molar-refractivity contribution in [2.45, 2.75) is 76.0 Å². The average Bonchev–Trinajstić information content (AvgIpc) is 3.44. The van der Waals surface area contributed by atoms with Gasteiger partial charge in [0.1, 0.15) is 30.5 Å². The molecular formula is C27H31NO6. The summed E-state index contributed by atoms with van der Waals surface area (Å²) in [5.74, 6) is 4.88. The molecule has 3 aliphatic rings. The second-order valence-electron chi connectivity index (χ2n) is 9.75. The first-order valence-electron chi connectivity index (χ1n) is 11.6. The Morgan fingerprint density at radius 3 is 2.15 bits per heavy atom. The van der Waals surface area contributed by atoms with Crippen LogP contribution in [0.2, 0.25) is 0 Å². The van der Waals surface area contributed by atoms with Crippen molar-refractivity contribution in [2.75, 3.05) is 6.61 Å². The highest BCUT2D eigenvalue weighted by Gasteiger charge is 2.60. The minimum atomic E-state index is -0.816. The van der Waals surface area contributed by atoms with Gasteiger partial charge in [0.05, 0.1) is 6.61 Å². The fourth-order valence-electron chi connectivity index (χ4n) is 4.75. The van der Waals surface area contributed by atoms with Gasteiger partial charge in [-0.15, -0.1) is 5.06 Å². The third-order valence-corrected chi connectivity index (χ3v) is 6.23. The maximum atomic E-state index is 11.5. The molecule has 0 spiro atoms. The molecule has 0 aromatic heterocycles. The largest absolute Gasteiger partial charge is 0.349 e. The Morgan fingerprint density at radius 2 is 1.50 bits per heavy atom. The van der Waals surface area contributed by atoms with Crippen LogP contribution in [0.4, 0.5) is 0 Å². The molecule has 7 nitrogen and oxygen atoms in total. The number of fused-ring (bicyclic) bond motifs is 1. The second kappa shape index (κ2) is 9.06. The molecule has 1 N–H and O–H groups in total. The third-order valence-electron chi connectivity index (χ3n) is 6.23. The van der Waals surface area contributed by atoms with Gasteiger partial charge in [0.2, 0.25) is 0 Å². The van der Waals surface area contributed by atoms with Gasteiger partial charge in [-0.2, -0.15) is 0 Å². The van der Waals surface area contributed by atoms with Crippen LogP contribution in [-0.2, 0) is 23.7 Å². The van der Waals surface area contributed by atoms with Crippen LogP contribution in [0.1, 0.15) is 44.9 Å². The molecule has 0 radical (unpaired) electrons. The maximum Gasteiger partial charge on any atom is 0.164 e. The predicted octanol–water partition coefficient (Wildman–Crippen LogP) is 3.87. The number of benzene rings is 2. The Balaban J connectivity index is 1.45. The summed E-state index contributed by atoms with van der Waals surface area (Å²) in [6.07, 6.45) is -2.56. The van der Waals surface area contributed by atoms with E-state index in [-0.39, 0.29) is 6.10 Å². The van der Waals surface area contributed by atoms with Crippen molar-refractivity contribution in [3.05, 3.63) is 71.8 Å². The Kier molecular flexibility index (Phi) is 6.25. The van der Waals surface area contributed by atoms with E-state index in [1.54, 1.807) is 0 Å². The zero-order valence-corrected chi connectivity index (χ0v) is 19.9. The molecule has 6 atom stereocenters. The zero-order valence-electron chi connectivity index (χ0n) is 19.9. The molecule has 2 aromatic carbocycles. The first-order valence-corrected chi connectivity index (χ1v) is 11.6. The fraction of sp³-hybridized carbons (Fsp3) is 0.481. The Morgan fingerprint density at radius 1 is 0.853 bits per heavy atom. The zero-order chi connectivity index (χ0) is 23.9. The molecule has 2 unspecified atom stereocenters. The van der Waals surface area contributed by atoms with Gasteiger partial charge in [-0.1, -0.05) is 60.4 Å². The van der Waals surface area contributed by atoms with E-state index >= 15 is 0 Å². The van der Waals surface area contributed by atoms with Crippen molar-refractivity contribution in [2.24, 2.45) is 0 Å². The van der Waals surface area contributed by atoms with E-state index in [0.717, 1.165) is 16.2 Å². The number of hydrogen-bond acceptors (Lipinski definition) is 7. The van der Waals surface area contributed by atoms with E-state index in [0.29, 0.717) is 6.61 Å². The van der Waals surface area contributed by atoms with Crippen molar-refractivity contribution in [3.63, 3.8) is 0 Å². The van der Waals surface area contributed by atoms with Gasteiger partial charge in [0.25, 0.3) is 0 Å². The van der Waals surface area contributed by atoms with Gasteiger partial charge >= 0.3 is 0 Å². The van der Waals surface area contributed by atoms with Crippen molar-refractivity contribution >= 4 is 0 Å². The topological polar surface area (TPSA) is 69.6 Å². The summed E-state index contributed by atoms with van der Waals surface area (Å²) < 4.78 is 30.6. The van der Waals surface area contributed by atoms with Crippen LogP contribution >= 0.6 is 0 Å². The number of ether oxygens (including phenoxy) is 5.